The molecule has 0 aliphatic heterocycles. The average Bonchev–Trinajstić information content (AvgIpc) is 3.03. The van der Waals surface area contributed by atoms with Crippen LogP contribution in [-0.2, 0) is 6.18 Å². The van der Waals surface area contributed by atoms with E-state index in [4.69, 9.17) is 0 Å². The highest BCUT2D eigenvalue weighted by Crippen LogP contribution is 2.36. The number of amides is 1. The summed E-state index contributed by atoms with van der Waals surface area (Å²) >= 11 is 0. The van der Waals surface area contributed by atoms with Crippen LogP contribution >= 0.6 is 0 Å². The molecular formula is C20H14F3N5O. The first-order chi connectivity index (χ1) is 13.8. The maximum Gasteiger partial charge on any atom is 0.417 e. The average molecular weight is 397 g/mol. The molecule has 9 heteroatoms. The van der Waals surface area contributed by atoms with Gasteiger partial charge in [0.1, 0.15) is 5.82 Å². The van der Waals surface area contributed by atoms with Gasteiger partial charge in [-0.15, -0.1) is 0 Å². The van der Waals surface area contributed by atoms with Gasteiger partial charge in [-0.25, -0.2) is 14.5 Å². The number of hydrogen-bond acceptors (Lipinski definition) is 4. The molecule has 1 amide bonds. The third-order valence-corrected chi connectivity index (χ3v) is 4.28. The highest BCUT2D eigenvalue weighted by Gasteiger charge is 2.33. The van der Waals surface area contributed by atoms with E-state index in [-0.39, 0.29) is 17.0 Å². The molecule has 0 saturated heterocycles. The number of carbonyl (C=O) groups is 1. The normalized spacial score (nSPS) is 11.6. The minimum atomic E-state index is -4.53. The van der Waals surface area contributed by atoms with Gasteiger partial charge in [-0.05, 0) is 37.3 Å². The molecular weight excluding hydrogens is 383 g/mol. The molecule has 0 aliphatic rings. The lowest BCUT2D eigenvalue weighted by Gasteiger charge is -2.12. The van der Waals surface area contributed by atoms with Crippen LogP contribution in [0, 0.1) is 6.92 Å². The third-order valence-electron chi connectivity index (χ3n) is 4.28. The Hall–Kier alpha value is -3.75. The first kappa shape index (κ1) is 18.6. The molecule has 29 heavy (non-hydrogen) atoms. The number of fused-ring (bicyclic) bond motifs is 1. The smallest absolute Gasteiger partial charge is 0.305 e. The molecule has 0 saturated carbocycles. The van der Waals surface area contributed by atoms with Crippen LogP contribution in [0.2, 0.25) is 0 Å². The second-order valence-electron chi connectivity index (χ2n) is 6.25. The molecule has 0 atom stereocenters. The van der Waals surface area contributed by atoms with E-state index >= 15 is 0 Å². The molecule has 0 radical (unpaired) electrons. The minimum Gasteiger partial charge on any atom is -0.305 e. The van der Waals surface area contributed by atoms with E-state index in [0.717, 1.165) is 6.07 Å². The number of hydrogen-bond donors (Lipinski definition) is 1. The summed E-state index contributed by atoms with van der Waals surface area (Å²) in [5, 5.41) is 6.92. The van der Waals surface area contributed by atoms with Crippen molar-refractivity contribution in [3.63, 3.8) is 0 Å². The van der Waals surface area contributed by atoms with Gasteiger partial charge < -0.3 is 5.32 Å². The Morgan fingerprint density at radius 1 is 1.03 bits per heavy atom. The predicted octanol–water partition coefficient (Wildman–Crippen LogP) is 4.37. The topological polar surface area (TPSA) is 72.2 Å². The van der Waals surface area contributed by atoms with Crippen LogP contribution in [0.1, 0.15) is 21.7 Å². The maximum atomic E-state index is 13.4. The van der Waals surface area contributed by atoms with Crippen LogP contribution in [0.25, 0.3) is 16.9 Å². The van der Waals surface area contributed by atoms with E-state index < -0.39 is 17.6 Å². The summed E-state index contributed by atoms with van der Waals surface area (Å²) < 4.78 is 41.4. The minimum absolute atomic E-state index is 0.0784. The fourth-order valence-electron chi connectivity index (χ4n) is 3.01. The fraction of sp³-hybridized carbons (Fsp3) is 0.100. The number of nitrogens with one attached hydrogen (secondary N) is 1. The summed E-state index contributed by atoms with van der Waals surface area (Å²) in [6.45, 7) is 1.63. The summed E-state index contributed by atoms with van der Waals surface area (Å²) in [6, 6.07) is 13.2. The van der Waals surface area contributed by atoms with E-state index in [2.05, 4.69) is 20.4 Å². The Morgan fingerprint density at radius 3 is 2.52 bits per heavy atom. The molecule has 0 aliphatic carbocycles. The zero-order chi connectivity index (χ0) is 20.6. The van der Waals surface area contributed by atoms with Crippen LogP contribution in [-0.4, -0.2) is 25.5 Å². The van der Waals surface area contributed by atoms with Crippen molar-refractivity contribution in [2.45, 2.75) is 13.1 Å². The van der Waals surface area contributed by atoms with E-state index in [0.29, 0.717) is 17.2 Å². The second-order valence-corrected chi connectivity index (χ2v) is 6.25. The van der Waals surface area contributed by atoms with Crippen molar-refractivity contribution in [3.8, 4) is 11.3 Å². The Kier molecular flexibility index (Phi) is 4.50. The standard InChI is InChI=1S/C20H14F3N5O/c1-12-18(19(29)26-16-8-4-5-11-24-16)28-17(25-12)10-9-15(27-28)13-6-2-3-7-14(13)20(21,22)23/h2-11H,1H3,(H,24,26,29). The summed E-state index contributed by atoms with van der Waals surface area (Å²) in [6.07, 6.45) is -3.00. The van der Waals surface area contributed by atoms with Crippen LogP contribution < -0.4 is 5.32 Å². The molecule has 146 valence electrons. The molecule has 3 aromatic heterocycles. The molecule has 0 spiro atoms. The first-order valence-corrected chi connectivity index (χ1v) is 8.60. The number of aromatic nitrogens is 4. The highest BCUT2D eigenvalue weighted by molar-refractivity contribution is 6.03. The van der Waals surface area contributed by atoms with E-state index in [1.165, 1.54) is 41.0 Å². The number of imidazole rings is 1. The SMILES string of the molecule is Cc1nc2ccc(-c3ccccc3C(F)(F)F)nn2c1C(=O)Nc1ccccn1. The molecule has 3 heterocycles. The van der Waals surface area contributed by atoms with Gasteiger partial charge in [0.15, 0.2) is 11.3 Å². The number of nitrogens with zero attached hydrogens (tertiary/aromatic N) is 4. The Balaban J connectivity index is 1.81. The summed E-state index contributed by atoms with van der Waals surface area (Å²) in [4.78, 5) is 21.1. The largest absolute Gasteiger partial charge is 0.417 e. The van der Waals surface area contributed by atoms with Crippen molar-refractivity contribution in [1.82, 2.24) is 19.6 Å². The quantitative estimate of drug-likeness (QED) is 0.557. The van der Waals surface area contributed by atoms with Gasteiger partial charge in [0.25, 0.3) is 5.91 Å². The lowest BCUT2D eigenvalue weighted by molar-refractivity contribution is -0.137. The highest BCUT2D eigenvalue weighted by atomic mass is 19.4. The van der Waals surface area contributed by atoms with Crippen molar-refractivity contribution >= 4 is 17.4 Å². The number of halogens is 3. The Bertz CT molecular complexity index is 1200. The summed E-state index contributed by atoms with van der Waals surface area (Å²) in [5.74, 6) is -0.173. The van der Waals surface area contributed by atoms with Crippen LogP contribution in [0.4, 0.5) is 19.0 Å². The van der Waals surface area contributed by atoms with Crippen molar-refractivity contribution in [2.75, 3.05) is 5.32 Å². The van der Waals surface area contributed by atoms with E-state index in [1.54, 1.807) is 25.1 Å². The number of aryl methyl sites for hydroxylation is 1. The number of benzene rings is 1. The Morgan fingerprint density at radius 2 is 1.79 bits per heavy atom. The van der Waals surface area contributed by atoms with Gasteiger partial charge >= 0.3 is 6.18 Å². The van der Waals surface area contributed by atoms with Gasteiger partial charge in [-0.3, -0.25) is 4.79 Å². The van der Waals surface area contributed by atoms with Crippen LogP contribution in [0.3, 0.4) is 0 Å². The van der Waals surface area contributed by atoms with Crippen LogP contribution in [0.5, 0.6) is 0 Å². The lowest BCUT2D eigenvalue weighted by Crippen LogP contribution is -2.17. The van der Waals surface area contributed by atoms with Gasteiger partial charge in [0.05, 0.1) is 17.0 Å². The van der Waals surface area contributed by atoms with Crippen molar-refractivity contribution < 1.29 is 18.0 Å². The second kappa shape index (κ2) is 7.01. The zero-order valence-electron chi connectivity index (χ0n) is 15.1. The number of anilines is 1. The van der Waals surface area contributed by atoms with Gasteiger partial charge in [0, 0.05) is 11.8 Å². The molecule has 4 aromatic rings. The first-order valence-electron chi connectivity index (χ1n) is 8.60. The molecule has 1 N–H and O–H groups in total. The lowest BCUT2D eigenvalue weighted by atomic mass is 10.0. The number of carbonyl (C=O) groups excluding carboxylic acids is 1. The van der Waals surface area contributed by atoms with Crippen LogP contribution in [0.15, 0.2) is 60.8 Å². The molecule has 1 aromatic carbocycles. The van der Waals surface area contributed by atoms with Crippen molar-refractivity contribution in [2.24, 2.45) is 0 Å². The molecule has 0 unspecified atom stereocenters. The Labute approximate surface area is 163 Å². The monoisotopic (exact) mass is 397 g/mol. The maximum absolute atomic E-state index is 13.4. The number of alkyl halides is 3. The van der Waals surface area contributed by atoms with Gasteiger partial charge in [0.2, 0.25) is 0 Å². The fourth-order valence-corrected chi connectivity index (χ4v) is 3.01. The molecule has 6 nitrogen and oxygen atoms in total. The summed E-state index contributed by atoms with van der Waals surface area (Å²) in [7, 11) is 0. The predicted molar refractivity (Wildman–Crippen MR) is 100 cm³/mol. The summed E-state index contributed by atoms with van der Waals surface area (Å²) in [5.41, 5.74) is 0.0633. The third kappa shape index (κ3) is 3.54. The van der Waals surface area contributed by atoms with Crippen molar-refractivity contribution in [3.05, 3.63) is 77.7 Å². The number of pyridine rings is 1. The molecule has 4 rings (SSSR count). The van der Waals surface area contributed by atoms with Gasteiger partial charge in [-0.2, -0.15) is 18.3 Å². The van der Waals surface area contributed by atoms with Crippen molar-refractivity contribution in [1.29, 1.82) is 0 Å². The van der Waals surface area contributed by atoms with Gasteiger partial charge in [-0.1, -0.05) is 24.3 Å². The number of rotatable bonds is 3. The molecule has 0 fully saturated rings. The van der Waals surface area contributed by atoms with E-state index in [9.17, 15) is 18.0 Å². The van der Waals surface area contributed by atoms with E-state index in [1.807, 2.05) is 0 Å². The zero-order valence-corrected chi connectivity index (χ0v) is 15.1. The molecule has 0 bridgehead atoms.